The Morgan fingerprint density at radius 1 is 1.14 bits per heavy atom. The summed E-state index contributed by atoms with van der Waals surface area (Å²) in [7, 11) is 0. The molecule has 0 spiro atoms. The summed E-state index contributed by atoms with van der Waals surface area (Å²) in [4.78, 5) is 33.6. The Morgan fingerprint density at radius 3 is 2.60 bits per heavy atom. The fourth-order valence-electron chi connectivity index (χ4n) is 3.31. The lowest BCUT2D eigenvalue weighted by molar-refractivity contribution is -0.153. The van der Waals surface area contributed by atoms with Gasteiger partial charge in [-0.05, 0) is 43.9 Å². The largest absolute Gasteiger partial charge is 0.463 e. The molecule has 0 fully saturated rings. The molecule has 0 bridgehead atoms. The van der Waals surface area contributed by atoms with Crippen molar-refractivity contribution in [1.29, 1.82) is 0 Å². The molecular weight excluding hydrogens is 480 g/mol. The average Bonchev–Trinajstić information content (AvgIpc) is 3.50. The highest BCUT2D eigenvalue weighted by molar-refractivity contribution is 7.17. The number of nitrogens with one attached hydrogen (secondary N) is 2. The van der Waals surface area contributed by atoms with Crippen LogP contribution < -0.4 is 10.6 Å². The lowest BCUT2D eigenvalue weighted by Gasteiger charge is -2.22. The molecule has 9 heteroatoms. The Labute approximate surface area is 211 Å². The van der Waals surface area contributed by atoms with Gasteiger partial charge >= 0.3 is 12.0 Å². The number of aromatic nitrogens is 2. The number of hydrogen-bond acceptors (Lipinski definition) is 7. The van der Waals surface area contributed by atoms with Crippen LogP contribution in [0.15, 0.2) is 53.4 Å². The van der Waals surface area contributed by atoms with E-state index >= 15 is 0 Å². The van der Waals surface area contributed by atoms with Gasteiger partial charge in [0.2, 0.25) is 0 Å². The third-order valence-corrected chi connectivity index (χ3v) is 6.80. The summed E-state index contributed by atoms with van der Waals surface area (Å²) in [6.45, 7) is 5.33. The van der Waals surface area contributed by atoms with Crippen LogP contribution in [-0.2, 0) is 9.53 Å². The molecule has 2 aromatic carbocycles. The number of nitrogens with zero attached hydrogens (tertiary/aromatic N) is 2. The summed E-state index contributed by atoms with van der Waals surface area (Å²) in [5.74, 6) is 2.45. The minimum absolute atomic E-state index is 0.0139. The zero-order valence-electron chi connectivity index (χ0n) is 19.5. The van der Waals surface area contributed by atoms with Gasteiger partial charge in [-0.1, -0.05) is 36.4 Å². The number of fused-ring (bicyclic) bond motifs is 1. The molecular formula is C26H24N4O3S2. The fraction of sp³-hybridized carbons (Fsp3) is 0.231. The molecule has 0 saturated heterocycles. The van der Waals surface area contributed by atoms with E-state index in [1.165, 1.54) is 11.3 Å². The van der Waals surface area contributed by atoms with E-state index in [1.807, 2.05) is 41.9 Å². The summed E-state index contributed by atoms with van der Waals surface area (Å²) in [5, 5.41) is 7.69. The third kappa shape index (κ3) is 5.85. The molecule has 35 heavy (non-hydrogen) atoms. The summed E-state index contributed by atoms with van der Waals surface area (Å²) in [6.07, 6.45) is 5.35. The van der Waals surface area contributed by atoms with Crippen LogP contribution >= 0.6 is 22.7 Å². The SMILES string of the molecule is C#Cc1nc(NC(=O)N[C@@H](COC(=O)C(C)(C)C)c2ccc(-c3cccc4ncsc34)cc2)cs1. The number of rotatable bonds is 6. The van der Waals surface area contributed by atoms with Crippen LogP contribution in [0, 0.1) is 17.8 Å². The highest BCUT2D eigenvalue weighted by Crippen LogP contribution is 2.32. The number of ether oxygens (including phenoxy) is 1. The molecule has 2 amide bonds. The number of amides is 2. The van der Waals surface area contributed by atoms with Crippen LogP contribution in [0.5, 0.6) is 0 Å². The predicted molar refractivity (Wildman–Crippen MR) is 140 cm³/mol. The molecule has 2 aromatic heterocycles. The van der Waals surface area contributed by atoms with Crippen molar-refractivity contribution in [3.05, 3.63) is 63.9 Å². The van der Waals surface area contributed by atoms with Crippen LogP contribution in [0.25, 0.3) is 21.3 Å². The second kappa shape index (κ2) is 10.3. The van der Waals surface area contributed by atoms with Crippen molar-refractivity contribution in [3.8, 4) is 23.5 Å². The topological polar surface area (TPSA) is 93.2 Å². The zero-order chi connectivity index (χ0) is 25.0. The first-order chi connectivity index (χ1) is 16.7. The average molecular weight is 505 g/mol. The van der Waals surface area contributed by atoms with Crippen LogP contribution in [-0.4, -0.2) is 28.6 Å². The van der Waals surface area contributed by atoms with Crippen molar-refractivity contribution < 1.29 is 14.3 Å². The summed E-state index contributed by atoms with van der Waals surface area (Å²) in [6, 6.07) is 12.8. The van der Waals surface area contributed by atoms with Crippen LogP contribution in [0.4, 0.5) is 10.6 Å². The Morgan fingerprint density at radius 2 is 1.91 bits per heavy atom. The lowest BCUT2D eigenvalue weighted by atomic mass is 9.97. The summed E-state index contributed by atoms with van der Waals surface area (Å²) < 4.78 is 6.64. The Hall–Kier alpha value is -3.74. The van der Waals surface area contributed by atoms with E-state index in [0.29, 0.717) is 10.8 Å². The van der Waals surface area contributed by atoms with Crippen molar-refractivity contribution >= 4 is 50.7 Å². The first kappa shape index (κ1) is 24.4. The number of carbonyl (C=O) groups is 2. The lowest BCUT2D eigenvalue weighted by Crippen LogP contribution is -2.36. The number of terminal acetylenes is 1. The molecule has 1 atom stereocenters. The quantitative estimate of drug-likeness (QED) is 0.254. The molecule has 0 aliphatic carbocycles. The van der Waals surface area contributed by atoms with Crippen molar-refractivity contribution in [3.63, 3.8) is 0 Å². The second-order valence-corrected chi connectivity index (χ2v) is 10.5. The second-order valence-electron chi connectivity index (χ2n) is 8.81. The molecule has 0 aliphatic heterocycles. The van der Waals surface area contributed by atoms with E-state index in [2.05, 4.69) is 32.6 Å². The Bertz CT molecular complexity index is 1390. The van der Waals surface area contributed by atoms with Gasteiger partial charge in [-0.3, -0.25) is 10.1 Å². The zero-order valence-corrected chi connectivity index (χ0v) is 21.1. The maximum absolute atomic E-state index is 12.7. The number of esters is 1. The number of hydrogen-bond donors (Lipinski definition) is 2. The predicted octanol–water partition coefficient (Wildman–Crippen LogP) is 5.85. The Balaban J connectivity index is 1.54. The number of carbonyl (C=O) groups excluding carboxylic acids is 2. The van der Waals surface area contributed by atoms with Gasteiger partial charge in [0, 0.05) is 10.9 Å². The third-order valence-electron chi connectivity index (χ3n) is 5.15. The molecule has 0 aliphatic rings. The summed E-state index contributed by atoms with van der Waals surface area (Å²) >= 11 is 2.86. The molecule has 2 heterocycles. The number of urea groups is 1. The number of benzene rings is 2. The molecule has 7 nitrogen and oxygen atoms in total. The van der Waals surface area contributed by atoms with E-state index in [1.54, 1.807) is 37.5 Å². The van der Waals surface area contributed by atoms with Gasteiger partial charge in [-0.15, -0.1) is 29.1 Å². The molecule has 2 N–H and O–H groups in total. The van der Waals surface area contributed by atoms with Crippen molar-refractivity contribution in [2.24, 2.45) is 5.41 Å². The first-order valence-electron chi connectivity index (χ1n) is 10.8. The maximum atomic E-state index is 12.7. The molecule has 0 unspecified atom stereocenters. The van der Waals surface area contributed by atoms with Crippen LogP contribution in [0.3, 0.4) is 0 Å². The fourth-order valence-corrected chi connectivity index (χ4v) is 4.69. The highest BCUT2D eigenvalue weighted by Gasteiger charge is 2.25. The van der Waals surface area contributed by atoms with Gasteiger partial charge < -0.3 is 10.1 Å². The van der Waals surface area contributed by atoms with Gasteiger partial charge in [0.25, 0.3) is 0 Å². The number of thiazole rings is 2. The highest BCUT2D eigenvalue weighted by atomic mass is 32.1. The van der Waals surface area contributed by atoms with Gasteiger partial charge in [0.05, 0.1) is 27.2 Å². The maximum Gasteiger partial charge on any atom is 0.321 e. The first-order valence-corrected chi connectivity index (χ1v) is 12.6. The van der Waals surface area contributed by atoms with E-state index in [-0.39, 0.29) is 12.6 Å². The minimum atomic E-state index is -0.656. The van der Waals surface area contributed by atoms with Gasteiger partial charge in [-0.2, -0.15) is 0 Å². The van der Waals surface area contributed by atoms with Crippen LogP contribution in [0.2, 0.25) is 0 Å². The van der Waals surface area contributed by atoms with Crippen molar-refractivity contribution in [2.45, 2.75) is 26.8 Å². The smallest absolute Gasteiger partial charge is 0.321 e. The normalized spacial score (nSPS) is 12.1. The molecule has 178 valence electrons. The van der Waals surface area contributed by atoms with E-state index in [0.717, 1.165) is 26.9 Å². The molecule has 0 saturated carbocycles. The molecule has 4 rings (SSSR count). The van der Waals surface area contributed by atoms with Crippen LogP contribution in [0.1, 0.15) is 37.4 Å². The van der Waals surface area contributed by atoms with E-state index < -0.39 is 17.5 Å². The van der Waals surface area contributed by atoms with Crippen molar-refractivity contribution in [2.75, 3.05) is 11.9 Å². The Kier molecular flexibility index (Phi) is 7.15. The van der Waals surface area contributed by atoms with Gasteiger partial charge in [-0.25, -0.2) is 14.8 Å². The molecule has 0 radical (unpaired) electrons. The van der Waals surface area contributed by atoms with E-state index in [9.17, 15) is 9.59 Å². The van der Waals surface area contributed by atoms with Gasteiger partial charge in [0.1, 0.15) is 12.4 Å². The van der Waals surface area contributed by atoms with Crippen molar-refractivity contribution in [1.82, 2.24) is 15.3 Å². The standard InChI is InChI=1S/C26H24N4O3S2/c1-5-22-29-21(14-34-22)30-25(32)28-20(13-33-24(31)26(2,3)4)17-11-9-16(10-12-17)18-7-6-8-19-23(18)35-15-27-19/h1,6-12,14-15,20H,13H2,2-4H3,(H2,28,30,32)/t20-/m0/s1. The van der Waals surface area contributed by atoms with E-state index in [4.69, 9.17) is 11.2 Å². The monoisotopic (exact) mass is 504 g/mol. The van der Waals surface area contributed by atoms with Gasteiger partial charge in [0.15, 0.2) is 5.01 Å². The summed E-state index contributed by atoms with van der Waals surface area (Å²) in [5.41, 5.74) is 5.05. The molecule has 4 aromatic rings. The number of anilines is 1. The minimum Gasteiger partial charge on any atom is -0.463 e.